The van der Waals surface area contributed by atoms with Crippen molar-refractivity contribution in [2.24, 2.45) is 4.99 Å². The zero-order chi connectivity index (χ0) is 18.0. The Morgan fingerprint density at radius 2 is 2.20 bits per heavy atom. The monoisotopic (exact) mass is 354 g/mol. The van der Waals surface area contributed by atoms with Crippen LogP contribution in [-0.2, 0) is 13.1 Å². The second-order valence-electron chi connectivity index (χ2n) is 6.11. The fourth-order valence-electron chi connectivity index (χ4n) is 2.75. The number of thiazole rings is 1. The number of hydrogen-bond acceptors (Lipinski definition) is 3. The maximum Gasteiger partial charge on any atom is 0.297 e. The number of aryl methyl sites for hydroxylation is 1. The van der Waals surface area contributed by atoms with Crippen LogP contribution in [0, 0.1) is 0 Å². The normalized spacial score (nSPS) is 12.2. The molecule has 1 amide bonds. The number of rotatable bonds is 5. The smallest absolute Gasteiger partial charge is 0.297 e. The molecule has 25 heavy (non-hydrogen) atoms. The highest BCUT2D eigenvalue weighted by Gasteiger charge is 2.13. The van der Waals surface area contributed by atoms with Crippen LogP contribution in [-0.4, -0.2) is 20.3 Å². The Morgan fingerprint density at radius 1 is 1.40 bits per heavy atom. The van der Waals surface area contributed by atoms with Crippen molar-refractivity contribution in [1.82, 2.24) is 14.3 Å². The van der Waals surface area contributed by atoms with Crippen molar-refractivity contribution in [3.63, 3.8) is 0 Å². The van der Waals surface area contributed by atoms with Crippen molar-refractivity contribution in [3.05, 3.63) is 59.2 Å². The molecular weight excluding hydrogens is 332 g/mol. The number of nitrogens with zero attached hydrogens (tertiary/aromatic N) is 4. The van der Waals surface area contributed by atoms with E-state index in [-0.39, 0.29) is 5.91 Å². The lowest BCUT2D eigenvalue weighted by Crippen LogP contribution is -2.17. The maximum absolute atomic E-state index is 12.6. The highest BCUT2D eigenvalue weighted by molar-refractivity contribution is 7.16. The molecule has 3 aromatic rings. The van der Waals surface area contributed by atoms with Crippen LogP contribution in [0.2, 0.25) is 0 Å². The summed E-state index contributed by atoms with van der Waals surface area (Å²) in [7, 11) is 0. The third kappa shape index (κ3) is 3.35. The predicted molar refractivity (Wildman–Crippen MR) is 102 cm³/mol. The zero-order valence-electron chi connectivity index (χ0n) is 14.8. The fraction of sp³-hybridized carbons (Fsp3) is 0.316. The average Bonchev–Trinajstić information content (AvgIpc) is 3.19. The van der Waals surface area contributed by atoms with Crippen molar-refractivity contribution < 1.29 is 4.79 Å². The van der Waals surface area contributed by atoms with Crippen LogP contribution in [0.4, 0.5) is 0 Å². The summed E-state index contributed by atoms with van der Waals surface area (Å²) in [5.41, 5.74) is 2.86. The van der Waals surface area contributed by atoms with E-state index in [1.807, 2.05) is 17.6 Å². The van der Waals surface area contributed by atoms with Gasteiger partial charge < -0.3 is 4.57 Å². The summed E-state index contributed by atoms with van der Waals surface area (Å²) in [6.07, 6.45) is 3.45. The van der Waals surface area contributed by atoms with E-state index < -0.39 is 0 Å². The van der Waals surface area contributed by atoms with E-state index in [9.17, 15) is 4.79 Å². The third-order valence-electron chi connectivity index (χ3n) is 4.12. The number of amides is 1. The molecule has 0 spiro atoms. The topological polar surface area (TPSA) is 52.2 Å². The fourth-order valence-corrected chi connectivity index (χ4v) is 3.84. The molecule has 6 heteroatoms. The second kappa shape index (κ2) is 7.19. The van der Waals surface area contributed by atoms with Gasteiger partial charge in [0.05, 0.1) is 10.2 Å². The van der Waals surface area contributed by atoms with Gasteiger partial charge in [0.2, 0.25) is 0 Å². The Bertz CT molecular complexity index is 990. The number of carbonyl (C=O) groups is 1. The average molecular weight is 354 g/mol. The summed E-state index contributed by atoms with van der Waals surface area (Å²) >= 11 is 1.53. The predicted octanol–water partition coefficient (Wildman–Crippen LogP) is 3.97. The Morgan fingerprint density at radius 3 is 2.88 bits per heavy atom. The van der Waals surface area contributed by atoms with Crippen molar-refractivity contribution >= 4 is 27.5 Å². The van der Waals surface area contributed by atoms with E-state index >= 15 is 0 Å². The Balaban J connectivity index is 2.15. The van der Waals surface area contributed by atoms with Gasteiger partial charge in [0.25, 0.3) is 5.91 Å². The van der Waals surface area contributed by atoms with Crippen molar-refractivity contribution in [1.29, 1.82) is 0 Å². The quantitative estimate of drug-likeness (QED) is 0.651. The first kappa shape index (κ1) is 17.4. The minimum absolute atomic E-state index is 0.271. The first-order chi connectivity index (χ1) is 12.0. The molecule has 0 radical (unpaired) electrons. The molecule has 0 fully saturated rings. The minimum Gasteiger partial charge on any atom is -0.312 e. The molecule has 130 valence electrons. The third-order valence-corrected chi connectivity index (χ3v) is 5.16. The van der Waals surface area contributed by atoms with Gasteiger partial charge in [-0.05, 0) is 36.6 Å². The lowest BCUT2D eigenvalue weighted by molar-refractivity contribution is 0.0987. The Labute approximate surface area is 150 Å². The van der Waals surface area contributed by atoms with E-state index in [1.165, 1.54) is 16.9 Å². The lowest BCUT2D eigenvalue weighted by Gasteiger charge is -2.06. The van der Waals surface area contributed by atoms with E-state index in [4.69, 9.17) is 0 Å². The zero-order valence-corrected chi connectivity index (χ0v) is 15.6. The number of benzene rings is 1. The molecule has 0 bridgehead atoms. The van der Waals surface area contributed by atoms with Gasteiger partial charge in [-0.25, -0.2) is 0 Å². The highest BCUT2D eigenvalue weighted by atomic mass is 32.1. The van der Waals surface area contributed by atoms with E-state index in [1.54, 1.807) is 16.9 Å². The Hall–Kier alpha value is -2.47. The molecule has 0 aliphatic heterocycles. The number of aromatic nitrogens is 3. The van der Waals surface area contributed by atoms with Gasteiger partial charge in [-0.15, -0.1) is 6.58 Å². The lowest BCUT2D eigenvalue weighted by atomic mass is 10.0. The standard InChI is InChI=1S/C19H22N4OS/c1-5-11-22-15-8-7-14(13(3)4)12-17(15)25-19(22)21-18(24)16-9-10-20-23(16)6-2/h5,7-10,12-13H,1,6,11H2,2-4H3. The number of allylic oxidation sites excluding steroid dienone is 1. The van der Waals surface area contributed by atoms with Crippen LogP contribution >= 0.6 is 11.3 Å². The SMILES string of the molecule is C=CCn1c(=NC(=O)c2ccnn2CC)sc2cc(C(C)C)ccc21. The molecule has 3 rings (SSSR count). The first-order valence-electron chi connectivity index (χ1n) is 8.40. The van der Waals surface area contributed by atoms with Crippen LogP contribution in [0.1, 0.15) is 42.7 Å². The highest BCUT2D eigenvalue weighted by Crippen LogP contribution is 2.23. The summed E-state index contributed by atoms with van der Waals surface area (Å²) in [5, 5.41) is 4.15. The molecule has 5 nitrogen and oxygen atoms in total. The summed E-state index contributed by atoms with van der Waals surface area (Å²) in [5.74, 6) is 0.188. The molecule has 0 N–H and O–H groups in total. The molecule has 0 unspecified atom stereocenters. The Kier molecular flexibility index (Phi) is 4.99. The van der Waals surface area contributed by atoms with Crippen LogP contribution in [0.5, 0.6) is 0 Å². The largest absolute Gasteiger partial charge is 0.312 e. The van der Waals surface area contributed by atoms with Gasteiger partial charge in [-0.3, -0.25) is 9.48 Å². The minimum atomic E-state index is -0.271. The molecule has 0 saturated carbocycles. The molecular formula is C19H22N4OS. The van der Waals surface area contributed by atoms with Gasteiger partial charge in [-0.2, -0.15) is 10.1 Å². The summed E-state index contributed by atoms with van der Waals surface area (Å²) in [4.78, 5) is 17.7. The van der Waals surface area contributed by atoms with E-state index in [0.717, 1.165) is 10.2 Å². The van der Waals surface area contributed by atoms with Gasteiger partial charge in [-0.1, -0.05) is 37.3 Å². The van der Waals surface area contributed by atoms with Crippen LogP contribution in [0.25, 0.3) is 10.2 Å². The van der Waals surface area contributed by atoms with Crippen molar-refractivity contribution in [2.75, 3.05) is 0 Å². The number of carbonyl (C=O) groups excluding carboxylic acids is 1. The van der Waals surface area contributed by atoms with Crippen LogP contribution in [0.3, 0.4) is 0 Å². The number of hydrogen-bond donors (Lipinski definition) is 0. The molecule has 0 aliphatic rings. The molecule has 1 aromatic carbocycles. The van der Waals surface area contributed by atoms with E-state index in [0.29, 0.717) is 29.5 Å². The van der Waals surface area contributed by atoms with Crippen molar-refractivity contribution in [3.8, 4) is 0 Å². The van der Waals surface area contributed by atoms with Gasteiger partial charge >= 0.3 is 0 Å². The molecule has 0 atom stereocenters. The maximum atomic E-state index is 12.6. The van der Waals surface area contributed by atoms with Gasteiger partial charge in [0.1, 0.15) is 5.69 Å². The molecule has 2 aromatic heterocycles. The van der Waals surface area contributed by atoms with Crippen LogP contribution < -0.4 is 4.80 Å². The first-order valence-corrected chi connectivity index (χ1v) is 9.21. The summed E-state index contributed by atoms with van der Waals surface area (Å²) < 4.78 is 4.82. The second-order valence-corrected chi connectivity index (χ2v) is 7.12. The number of fused-ring (bicyclic) bond motifs is 1. The van der Waals surface area contributed by atoms with Crippen molar-refractivity contribution in [2.45, 2.75) is 39.8 Å². The molecule has 2 heterocycles. The van der Waals surface area contributed by atoms with Gasteiger partial charge in [0.15, 0.2) is 4.80 Å². The molecule has 0 aliphatic carbocycles. The van der Waals surface area contributed by atoms with Crippen LogP contribution in [0.15, 0.2) is 48.1 Å². The van der Waals surface area contributed by atoms with E-state index in [2.05, 4.69) is 48.7 Å². The summed E-state index contributed by atoms with van der Waals surface area (Å²) in [6, 6.07) is 8.13. The van der Waals surface area contributed by atoms with Gasteiger partial charge in [0, 0.05) is 19.3 Å². The molecule has 0 saturated heterocycles. The summed E-state index contributed by atoms with van der Waals surface area (Å²) in [6.45, 7) is 11.4.